The van der Waals surface area contributed by atoms with Gasteiger partial charge in [-0.15, -0.1) is 0 Å². The van der Waals surface area contributed by atoms with Gasteiger partial charge in [0.15, 0.2) is 0 Å². The van der Waals surface area contributed by atoms with Crippen LogP contribution in [-0.2, 0) is 14.3 Å². The van der Waals surface area contributed by atoms with Crippen LogP contribution < -0.4 is 5.32 Å². The van der Waals surface area contributed by atoms with E-state index in [9.17, 15) is 4.79 Å². The van der Waals surface area contributed by atoms with Gasteiger partial charge in [-0.05, 0) is 25.1 Å². The van der Waals surface area contributed by atoms with Crippen LogP contribution in [0.4, 0.5) is 0 Å². The van der Waals surface area contributed by atoms with Crippen molar-refractivity contribution >= 4 is 17.7 Å². The number of carbonyl (C=O) groups excluding carboxylic acids is 1. The second kappa shape index (κ2) is 7.92. The Bertz CT molecular complexity index is 209. The molecule has 1 heterocycles. The zero-order valence-electron chi connectivity index (χ0n) is 10.0. The van der Waals surface area contributed by atoms with E-state index in [4.69, 9.17) is 9.47 Å². The maximum atomic E-state index is 11.5. The lowest BCUT2D eigenvalue weighted by Crippen LogP contribution is -2.39. The van der Waals surface area contributed by atoms with Gasteiger partial charge in [0, 0.05) is 0 Å². The van der Waals surface area contributed by atoms with Crippen molar-refractivity contribution in [3.05, 3.63) is 0 Å². The van der Waals surface area contributed by atoms with Crippen molar-refractivity contribution in [1.82, 2.24) is 5.32 Å². The normalized spacial score (nSPS) is 17.9. The molecule has 0 aliphatic carbocycles. The SMILES string of the molecule is CCCNC(CCSC1COC1)C(=O)OC. The van der Waals surface area contributed by atoms with Crippen molar-refractivity contribution in [2.75, 3.05) is 32.6 Å². The molecule has 0 aromatic rings. The minimum absolute atomic E-state index is 0.154. The molecule has 5 heteroatoms. The van der Waals surface area contributed by atoms with E-state index in [1.54, 1.807) is 0 Å². The molecule has 0 aromatic carbocycles. The van der Waals surface area contributed by atoms with Gasteiger partial charge in [0.1, 0.15) is 6.04 Å². The molecule has 1 unspecified atom stereocenters. The first-order valence-electron chi connectivity index (χ1n) is 5.78. The highest BCUT2D eigenvalue weighted by Gasteiger charge is 2.21. The van der Waals surface area contributed by atoms with Crippen LogP contribution in [0.3, 0.4) is 0 Å². The highest BCUT2D eigenvalue weighted by Crippen LogP contribution is 2.20. The molecule has 4 nitrogen and oxygen atoms in total. The number of ether oxygens (including phenoxy) is 2. The van der Waals surface area contributed by atoms with Crippen molar-refractivity contribution in [3.63, 3.8) is 0 Å². The van der Waals surface area contributed by atoms with Crippen molar-refractivity contribution in [2.24, 2.45) is 0 Å². The Hall–Kier alpha value is -0.260. The molecule has 0 bridgehead atoms. The molecule has 0 aromatic heterocycles. The van der Waals surface area contributed by atoms with Crippen LogP contribution in [0.15, 0.2) is 0 Å². The maximum absolute atomic E-state index is 11.5. The average Bonchev–Trinajstić information content (AvgIpc) is 2.24. The molecular weight excluding hydrogens is 226 g/mol. The van der Waals surface area contributed by atoms with E-state index >= 15 is 0 Å². The predicted octanol–water partition coefficient (Wildman–Crippen LogP) is 1.05. The van der Waals surface area contributed by atoms with Crippen LogP contribution in [0, 0.1) is 0 Å². The third-order valence-electron chi connectivity index (χ3n) is 2.49. The summed E-state index contributed by atoms with van der Waals surface area (Å²) in [4.78, 5) is 11.5. The lowest BCUT2D eigenvalue weighted by atomic mass is 10.2. The molecule has 1 atom stereocenters. The molecule has 1 fully saturated rings. The molecule has 1 saturated heterocycles. The summed E-state index contributed by atoms with van der Waals surface area (Å²) < 4.78 is 9.87. The Morgan fingerprint density at radius 1 is 1.62 bits per heavy atom. The maximum Gasteiger partial charge on any atom is 0.322 e. The van der Waals surface area contributed by atoms with E-state index in [2.05, 4.69) is 12.2 Å². The van der Waals surface area contributed by atoms with E-state index in [0.29, 0.717) is 5.25 Å². The number of esters is 1. The van der Waals surface area contributed by atoms with E-state index < -0.39 is 0 Å². The second-order valence-electron chi connectivity index (χ2n) is 3.85. The number of thioether (sulfide) groups is 1. The Balaban J connectivity index is 2.16. The van der Waals surface area contributed by atoms with Crippen LogP contribution >= 0.6 is 11.8 Å². The fraction of sp³-hybridized carbons (Fsp3) is 0.909. The summed E-state index contributed by atoms with van der Waals surface area (Å²) in [5.74, 6) is 0.823. The monoisotopic (exact) mass is 247 g/mol. The molecule has 0 spiro atoms. The molecule has 0 amide bonds. The Morgan fingerprint density at radius 2 is 2.38 bits per heavy atom. The lowest BCUT2D eigenvalue weighted by molar-refractivity contribution is -0.143. The Labute approximate surface area is 101 Å². The largest absolute Gasteiger partial charge is 0.468 e. The van der Waals surface area contributed by atoms with Crippen LogP contribution in [0.2, 0.25) is 0 Å². The number of carbonyl (C=O) groups is 1. The molecule has 16 heavy (non-hydrogen) atoms. The third-order valence-corrected chi connectivity index (χ3v) is 3.71. The summed E-state index contributed by atoms with van der Waals surface area (Å²) in [6.07, 6.45) is 1.85. The van der Waals surface area contributed by atoms with Crippen molar-refractivity contribution < 1.29 is 14.3 Å². The van der Waals surface area contributed by atoms with Crippen molar-refractivity contribution in [3.8, 4) is 0 Å². The first-order chi connectivity index (χ1) is 7.77. The fourth-order valence-corrected chi connectivity index (χ4v) is 2.52. The minimum atomic E-state index is -0.154. The van der Waals surface area contributed by atoms with Crippen LogP contribution in [0.25, 0.3) is 0 Å². The Kier molecular flexibility index (Phi) is 6.84. The summed E-state index contributed by atoms with van der Waals surface area (Å²) in [7, 11) is 1.44. The molecule has 0 saturated carbocycles. The highest BCUT2D eigenvalue weighted by molar-refractivity contribution is 8.00. The molecule has 1 aliphatic rings. The third kappa shape index (κ3) is 4.72. The summed E-state index contributed by atoms with van der Waals surface area (Å²) in [6, 6.07) is -0.154. The average molecular weight is 247 g/mol. The number of hydrogen-bond donors (Lipinski definition) is 1. The number of rotatable bonds is 8. The lowest BCUT2D eigenvalue weighted by Gasteiger charge is -2.25. The van der Waals surface area contributed by atoms with Gasteiger partial charge in [0.2, 0.25) is 0 Å². The molecular formula is C11H21NO3S. The van der Waals surface area contributed by atoms with E-state index in [1.165, 1.54) is 7.11 Å². The number of hydrogen-bond acceptors (Lipinski definition) is 5. The van der Waals surface area contributed by atoms with Gasteiger partial charge in [0.05, 0.1) is 25.6 Å². The van der Waals surface area contributed by atoms with Crippen molar-refractivity contribution in [1.29, 1.82) is 0 Å². The molecule has 1 N–H and O–H groups in total. The smallest absolute Gasteiger partial charge is 0.322 e. The number of nitrogens with one attached hydrogen (secondary N) is 1. The summed E-state index contributed by atoms with van der Waals surface area (Å²) in [5.41, 5.74) is 0. The fourth-order valence-electron chi connectivity index (χ4n) is 1.43. The van der Waals surface area contributed by atoms with Gasteiger partial charge in [0.25, 0.3) is 0 Å². The zero-order valence-corrected chi connectivity index (χ0v) is 10.8. The van der Waals surface area contributed by atoms with Gasteiger partial charge < -0.3 is 14.8 Å². The predicted molar refractivity (Wildman–Crippen MR) is 65.8 cm³/mol. The van der Waals surface area contributed by atoms with E-state index in [0.717, 1.165) is 38.4 Å². The quantitative estimate of drug-likeness (QED) is 0.650. The van der Waals surface area contributed by atoms with E-state index in [-0.39, 0.29) is 12.0 Å². The molecule has 1 aliphatic heterocycles. The Morgan fingerprint density at radius 3 is 2.88 bits per heavy atom. The molecule has 1 rings (SSSR count). The van der Waals surface area contributed by atoms with Gasteiger partial charge in [-0.3, -0.25) is 4.79 Å². The van der Waals surface area contributed by atoms with Gasteiger partial charge in [-0.25, -0.2) is 0 Å². The zero-order chi connectivity index (χ0) is 11.8. The first-order valence-corrected chi connectivity index (χ1v) is 6.83. The van der Waals surface area contributed by atoms with Gasteiger partial charge in [-0.1, -0.05) is 6.92 Å². The minimum Gasteiger partial charge on any atom is -0.468 e. The number of methoxy groups -OCH3 is 1. The molecule has 94 valence electrons. The molecule has 0 radical (unpaired) electrons. The van der Waals surface area contributed by atoms with Gasteiger partial charge in [-0.2, -0.15) is 11.8 Å². The van der Waals surface area contributed by atoms with Crippen LogP contribution in [0.1, 0.15) is 19.8 Å². The summed E-state index contributed by atoms with van der Waals surface area (Å²) in [6.45, 7) is 4.66. The summed E-state index contributed by atoms with van der Waals surface area (Å²) in [5, 5.41) is 3.84. The van der Waals surface area contributed by atoms with Crippen LogP contribution in [-0.4, -0.2) is 49.9 Å². The highest BCUT2D eigenvalue weighted by atomic mass is 32.2. The first kappa shape index (κ1) is 13.8. The second-order valence-corrected chi connectivity index (χ2v) is 5.26. The van der Waals surface area contributed by atoms with Gasteiger partial charge >= 0.3 is 5.97 Å². The standard InChI is InChI=1S/C11H21NO3S/c1-3-5-12-10(11(13)14-2)4-6-16-9-7-15-8-9/h9-10,12H,3-8H2,1-2H3. The topological polar surface area (TPSA) is 47.6 Å². The van der Waals surface area contributed by atoms with Crippen LogP contribution in [0.5, 0.6) is 0 Å². The van der Waals surface area contributed by atoms with Crippen molar-refractivity contribution in [2.45, 2.75) is 31.1 Å². The summed E-state index contributed by atoms with van der Waals surface area (Å²) >= 11 is 1.88. The van der Waals surface area contributed by atoms with E-state index in [1.807, 2.05) is 11.8 Å².